The summed E-state index contributed by atoms with van der Waals surface area (Å²) in [5.41, 5.74) is 2.20. The Kier molecular flexibility index (Phi) is 4.42. The lowest BCUT2D eigenvalue weighted by Crippen LogP contribution is -2.40. The maximum atomic E-state index is 12.4. The summed E-state index contributed by atoms with van der Waals surface area (Å²) in [4.78, 5) is 27.6. The monoisotopic (exact) mass is 286 g/mol. The fourth-order valence-electron chi connectivity index (χ4n) is 2.10. The summed E-state index contributed by atoms with van der Waals surface area (Å²) in [7, 11) is 0. The van der Waals surface area contributed by atoms with Gasteiger partial charge in [0, 0.05) is 11.7 Å². The number of aliphatic carboxylic acids is 1. The highest BCUT2D eigenvalue weighted by Crippen LogP contribution is 2.19. The van der Waals surface area contributed by atoms with Crippen LogP contribution in [0, 0.1) is 0 Å². The zero-order valence-corrected chi connectivity index (χ0v) is 12.0. The van der Waals surface area contributed by atoms with Crippen LogP contribution in [0.4, 0.5) is 0 Å². The Morgan fingerprint density at radius 1 is 1.14 bits per heavy atom. The van der Waals surface area contributed by atoms with E-state index in [2.05, 4.69) is 4.98 Å². The number of rotatable bonds is 5. The molecule has 5 nitrogen and oxygen atoms in total. The van der Waals surface area contributed by atoms with E-state index in [1.54, 1.807) is 19.9 Å². The van der Waals surface area contributed by atoms with Gasteiger partial charge in [-0.2, -0.15) is 0 Å². The van der Waals surface area contributed by atoms with E-state index >= 15 is 0 Å². The number of nitrogens with zero attached hydrogens (tertiary/aromatic N) is 1. The van der Waals surface area contributed by atoms with Gasteiger partial charge in [0.2, 0.25) is 0 Å². The number of H-pyrrole nitrogens is 1. The van der Waals surface area contributed by atoms with Crippen LogP contribution in [0.3, 0.4) is 0 Å². The van der Waals surface area contributed by atoms with Crippen molar-refractivity contribution in [2.45, 2.75) is 19.9 Å². The van der Waals surface area contributed by atoms with E-state index in [-0.39, 0.29) is 18.5 Å². The second-order valence-corrected chi connectivity index (χ2v) is 5.07. The molecule has 2 rings (SSSR count). The van der Waals surface area contributed by atoms with Crippen molar-refractivity contribution >= 4 is 11.9 Å². The number of hydrogen-bond acceptors (Lipinski definition) is 2. The average Bonchev–Trinajstić information content (AvgIpc) is 2.94. The lowest BCUT2D eigenvalue weighted by Gasteiger charge is -2.24. The van der Waals surface area contributed by atoms with E-state index < -0.39 is 5.97 Å². The van der Waals surface area contributed by atoms with Crippen molar-refractivity contribution in [2.75, 3.05) is 6.54 Å². The summed E-state index contributed by atoms with van der Waals surface area (Å²) in [6.45, 7) is 3.28. The number of carbonyl (C=O) groups excluding carboxylic acids is 1. The predicted octanol–water partition coefficient (Wildman–Crippen LogP) is 2.62. The molecule has 1 aromatic heterocycles. The van der Waals surface area contributed by atoms with Crippen LogP contribution in [-0.4, -0.2) is 39.5 Å². The van der Waals surface area contributed by atoms with Crippen LogP contribution in [-0.2, 0) is 4.79 Å². The molecule has 1 amide bonds. The van der Waals surface area contributed by atoms with Gasteiger partial charge in [0.15, 0.2) is 0 Å². The molecule has 1 aromatic carbocycles. The number of aromatic nitrogens is 1. The minimum atomic E-state index is -1.02. The Labute approximate surface area is 123 Å². The molecule has 0 radical (unpaired) electrons. The fraction of sp³-hybridized carbons (Fsp3) is 0.250. The van der Waals surface area contributed by atoms with Crippen molar-refractivity contribution in [3.8, 4) is 11.3 Å². The summed E-state index contributed by atoms with van der Waals surface area (Å²) in [5, 5.41) is 8.91. The number of hydrogen-bond donors (Lipinski definition) is 2. The fourth-order valence-corrected chi connectivity index (χ4v) is 2.10. The number of aromatic amines is 1. The number of carboxylic acid groups (broad SMARTS) is 1. The van der Waals surface area contributed by atoms with Crippen LogP contribution in [0.1, 0.15) is 24.3 Å². The van der Waals surface area contributed by atoms with Gasteiger partial charge in [0.25, 0.3) is 5.91 Å². The molecule has 0 fully saturated rings. The number of nitrogens with one attached hydrogen (secondary N) is 1. The third-order valence-electron chi connectivity index (χ3n) is 3.19. The zero-order chi connectivity index (χ0) is 15.4. The van der Waals surface area contributed by atoms with Crippen molar-refractivity contribution < 1.29 is 14.7 Å². The molecule has 21 heavy (non-hydrogen) atoms. The van der Waals surface area contributed by atoms with Crippen molar-refractivity contribution in [1.82, 2.24) is 9.88 Å². The first kappa shape index (κ1) is 14.8. The first-order valence-corrected chi connectivity index (χ1v) is 6.76. The summed E-state index contributed by atoms with van der Waals surface area (Å²) < 4.78 is 0. The Hall–Kier alpha value is -2.56. The van der Waals surface area contributed by atoms with Crippen molar-refractivity contribution in [3.63, 3.8) is 0 Å². The van der Waals surface area contributed by atoms with Crippen LogP contribution < -0.4 is 0 Å². The molecule has 2 N–H and O–H groups in total. The number of benzene rings is 1. The lowest BCUT2D eigenvalue weighted by molar-refractivity contribution is -0.138. The molecule has 0 aliphatic rings. The highest BCUT2D eigenvalue weighted by Gasteiger charge is 2.22. The maximum Gasteiger partial charge on any atom is 0.323 e. The molecule has 0 spiro atoms. The highest BCUT2D eigenvalue weighted by atomic mass is 16.4. The number of amides is 1. The quantitative estimate of drug-likeness (QED) is 0.887. The van der Waals surface area contributed by atoms with Gasteiger partial charge >= 0.3 is 5.97 Å². The molecular weight excluding hydrogens is 268 g/mol. The minimum Gasteiger partial charge on any atom is -0.480 e. The van der Waals surface area contributed by atoms with Crippen LogP contribution >= 0.6 is 0 Å². The van der Waals surface area contributed by atoms with Gasteiger partial charge < -0.3 is 15.0 Å². The largest absolute Gasteiger partial charge is 0.480 e. The molecule has 0 bridgehead atoms. The Morgan fingerprint density at radius 2 is 1.81 bits per heavy atom. The second-order valence-electron chi connectivity index (χ2n) is 5.07. The zero-order valence-electron chi connectivity index (χ0n) is 12.0. The Morgan fingerprint density at radius 3 is 2.38 bits per heavy atom. The van der Waals surface area contributed by atoms with Crippen LogP contribution in [0.15, 0.2) is 42.5 Å². The van der Waals surface area contributed by atoms with E-state index in [0.29, 0.717) is 5.69 Å². The molecule has 110 valence electrons. The molecule has 0 aliphatic carbocycles. The number of carboxylic acids is 1. The van der Waals surface area contributed by atoms with Crippen molar-refractivity contribution in [2.24, 2.45) is 0 Å². The summed E-state index contributed by atoms with van der Waals surface area (Å²) in [5.74, 6) is -1.33. The van der Waals surface area contributed by atoms with Gasteiger partial charge in [-0.1, -0.05) is 30.3 Å². The topological polar surface area (TPSA) is 73.4 Å². The summed E-state index contributed by atoms with van der Waals surface area (Å²) >= 11 is 0. The molecule has 0 atom stereocenters. The van der Waals surface area contributed by atoms with E-state index in [1.165, 1.54) is 4.90 Å². The van der Waals surface area contributed by atoms with Gasteiger partial charge in [-0.15, -0.1) is 0 Å². The molecule has 0 saturated heterocycles. The van der Waals surface area contributed by atoms with Gasteiger partial charge in [-0.05, 0) is 31.5 Å². The SMILES string of the molecule is CC(C)N(CC(=O)O)C(=O)c1ccc(-c2ccccc2)[nH]1. The molecule has 0 unspecified atom stereocenters. The molecule has 1 heterocycles. The van der Waals surface area contributed by atoms with Crippen LogP contribution in [0.5, 0.6) is 0 Å². The third-order valence-corrected chi connectivity index (χ3v) is 3.19. The van der Waals surface area contributed by atoms with E-state index in [0.717, 1.165) is 11.3 Å². The van der Waals surface area contributed by atoms with E-state index in [4.69, 9.17) is 5.11 Å². The third kappa shape index (κ3) is 3.51. The number of carbonyl (C=O) groups is 2. The Balaban J connectivity index is 2.23. The van der Waals surface area contributed by atoms with Gasteiger partial charge in [0.1, 0.15) is 12.2 Å². The van der Waals surface area contributed by atoms with Gasteiger partial charge in [0.05, 0.1) is 0 Å². The molecule has 5 heteroatoms. The minimum absolute atomic E-state index is 0.183. The van der Waals surface area contributed by atoms with Gasteiger partial charge in [-0.25, -0.2) is 0 Å². The van der Waals surface area contributed by atoms with Crippen LogP contribution in [0.25, 0.3) is 11.3 Å². The summed E-state index contributed by atoms with van der Waals surface area (Å²) in [6, 6.07) is 13.0. The molecule has 0 saturated carbocycles. The molecular formula is C16H18N2O3. The Bertz CT molecular complexity index is 632. The normalized spacial score (nSPS) is 10.6. The second kappa shape index (κ2) is 6.26. The van der Waals surface area contributed by atoms with Crippen molar-refractivity contribution in [3.05, 3.63) is 48.2 Å². The highest BCUT2D eigenvalue weighted by molar-refractivity contribution is 5.95. The predicted molar refractivity (Wildman–Crippen MR) is 80.0 cm³/mol. The summed E-state index contributed by atoms with van der Waals surface area (Å²) in [6.07, 6.45) is 0. The van der Waals surface area contributed by atoms with E-state index in [1.807, 2.05) is 36.4 Å². The smallest absolute Gasteiger partial charge is 0.323 e. The van der Waals surface area contributed by atoms with Crippen LogP contribution in [0.2, 0.25) is 0 Å². The van der Waals surface area contributed by atoms with Gasteiger partial charge in [-0.3, -0.25) is 9.59 Å². The first-order valence-electron chi connectivity index (χ1n) is 6.76. The standard InChI is InChI=1S/C16H18N2O3/c1-11(2)18(10-15(19)20)16(21)14-9-8-13(17-14)12-6-4-3-5-7-12/h3-9,11,17H,10H2,1-2H3,(H,19,20). The molecule has 2 aromatic rings. The maximum absolute atomic E-state index is 12.4. The first-order chi connectivity index (χ1) is 9.99. The molecule has 0 aliphatic heterocycles. The van der Waals surface area contributed by atoms with Crippen molar-refractivity contribution in [1.29, 1.82) is 0 Å². The lowest BCUT2D eigenvalue weighted by atomic mass is 10.2. The average molecular weight is 286 g/mol. The van der Waals surface area contributed by atoms with E-state index in [9.17, 15) is 9.59 Å².